The number of amides is 1. The van der Waals surface area contributed by atoms with Crippen LogP contribution in [0.5, 0.6) is 5.75 Å². The molecule has 4 aromatic rings. The van der Waals surface area contributed by atoms with Gasteiger partial charge in [0.15, 0.2) is 0 Å². The fourth-order valence-corrected chi connectivity index (χ4v) is 4.84. The van der Waals surface area contributed by atoms with Crippen LogP contribution in [0.4, 0.5) is 10.1 Å². The lowest BCUT2D eigenvalue weighted by Gasteiger charge is -2.21. The number of hydrogen-bond acceptors (Lipinski definition) is 3. The standard InChI is InChI=1S/C30H24ClFN2O2/c1-18-23(8-5-9-26(18)32)24-7-4-3-6-20(24)16-27-30(36)34(2)28-15-12-21(31)17-25(28)29(33-27)19-10-13-22(35)14-11-19/h3-15,17,27,35H,16H2,1-2H3. The first-order chi connectivity index (χ1) is 17.3. The van der Waals surface area contributed by atoms with E-state index in [1.54, 1.807) is 61.3 Å². The van der Waals surface area contributed by atoms with Gasteiger partial charge in [0.1, 0.15) is 17.6 Å². The molecule has 0 aliphatic carbocycles. The van der Waals surface area contributed by atoms with Gasteiger partial charge in [-0.15, -0.1) is 0 Å². The highest BCUT2D eigenvalue weighted by atomic mass is 35.5. The number of halogens is 2. The highest BCUT2D eigenvalue weighted by Crippen LogP contribution is 2.33. The predicted octanol–water partition coefficient (Wildman–Crippen LogP) is 6.59. The summed E-state index contributed by atoms with van der Waals surface area (Å²) in [6.07, 6.45) is 0.332. The third kappa shape index (κ3) is 4.38. The van der Waals surface area contributed by atoms with Crippen LogP contribution in [-0.2, 0) is 11.2 Å². The number of benzodiazepines with no additional fused rings is 1. The van der Waals surface area contributed by atoms with Gasteiger partial charge in [-0.3, -0.25) is 9.79 Å². The third-order valence-electron chi connectivity index (χ3n) is 6.60. The summed E-state index contributed by atoms with van der Waals surface area (Å²) >= 11 is 6.35. The number of rotatable bonds is 4. The number of phenols is 1. The summed E-state index contributed by atoms with van der Waals surface area (Å²) < 4.78 is 14.4. The number of aliphatic imine (C=N–C) groups is 1. The summed E-state index contributed by atoms with van der Waals surface area (Å²) in [5, 5.41) is 10.3. The van der Waals surface area contributed by atoms with Crippen molar-refractivity contribution < 1.29 is 14.3 Å². The topological polar surface area (TPSA) is 52.9 Å². The van der Waals surface area contributed by atoms with Crippen molar-refractivity contribution in [2.45, 2.75) is 19.4 Å². The molecular formula is C30H24ClFN2O2. The Balaban J connectivity index is 1.65. The third-order valence-corrected chi connectivity index (χ3v) is 6.84. The van der Waals surface area contributed by atoms with Crippen molar-refractivity contribution in [2.75, 3.05) is 11.9 Å². The maximum Gasteiger partial charge on any atom is 0.251 e. The summed E-state index contributed by atoms with van der Waals surface area (Å²) in [4.78, 5) is 20.3. The highest BCUT2D eigenvalue weighted by molar-refractivity contribution is 6.32. The normalized spacial score (nSPS) is 15.3. The van der Waals surface area contributed by atoms with Gasteiger partial charge in [0.2, 0.25) is 0 Å². The molecule has 1 amide bonds. The van der Waals surface area contributed by atoms with Crippen LogP contribution in [0.25, 0.3) is 11.1 Å². The van der Waals surface area contributed by atoms with Gasteiger partial charge < -0.3 is 10.0 Å². The van der Waals surface area contributed by atoms with Crippen LogP contribution >= 0.6 is 11.6 Å². The first kappa shape index (κ1) is 23.8. The molecule has 6 heteroatoms. The monoisotopic (exact) mass is 498 g/mol. The minimum Gasteiger partial charge on any atom is -0.508 e. The number of carbonyl (C=O) groups excluding carboxylic acids is 1. The van der Waals surface area contributed by atoms with E-state index in [4.69, 9.17) is 16.6 Å². The Morgan fingerprint density at radius 2 is 1.67 bits per heavy atom. The van der Waals surface area contributed by atoms with E-state index in [0.717, 1.165) is 27.8 Å². The van der Waals surface area contributed by atoms with Crippen LogP contribution in [0.1, 0.15) is 22.3 Å². The molecule has 0 saturated heterocycles. The van der Waals surface area contributed by atoms with Gasteiger partial charge in [-0.25, -0.2) is 4.39 Å². The molecule has 1 heterocycles. The van der Waals surface area contributed by atoms with Gasteiger partial charge in [-0.2, -0.15) is 0 Å². The smallest absolute Gasteiger partial charge is 0.251 e. The number of phenolic OH excluding ortho intramolecular Hbond substituents is 1. The number of fused-ring (bicyclic) bond motifs is 1. The van der Waals surface area contributed by atoms with Crippen molar-refractivity contribution >= 4 is 28.9 Å². The number of benzene rings is 4. The Hall–Kier alpha value is -3.96. The number of hydrogen-bond donors (Lipinski definition) is 1. The van der Waals surface area contributed by atoms with Crippen molar-refractivity contribution in [1.29, 1.82) is 0 Å². The Kier molecular flexibility index (Phi) is 6.33. The first-order valence-electron chi connectivity index (χ1n) is 11.6. The van der Waals surface area contributed by atoms with Gasteiger partial charge >= 0.3 is 0 Å². The van der Waals surface area contributed by atoms with Crippen LogP contribution in [0.3, 0.4) is 0 Å². The van der Waals surface area contributed by atoms with E-state index in [-0.39, 0.29) is 17.5 Å². The first-order valence-corrected chi connectivity index (χ1v) is 12.0. The maximum atomic E-state index is 14.4. The summed E-state index contributed by atoms with van der Waals surface area (Å²) in [6, 6.07) is 24.1. The summed E-state index contributed by atoms with van der Waals surface area (Å²) in [5.74, 6) is -0.283. The van der Waals surface area contributed by atoms with Gasteiger partial charge in [0.05, 0.1) is 11.4 Å². The molecular weight excluding hydrogens is 475 g/mol. The van der Waals surface area contributed by atoms with Crippen molar-refractivity contribution in [1.82, 2.24) is 0 Å². The second-order valence-corrected chi connectivity index (χ2v) is 9.31. The number of anilines is 1. The molecule has 4 aromatic carbocycles. The highest BCUT2D eigenvalue weighted by Gasteiger charge is 2.31. The molecule has 0 fully saturated rings. The van der Waals surface area contributed by atoms with E-state index in [2.05, 4.69) is 0 Å². The van der Waals surface area contributed by atoms with Crippen LogP contribution in [-0.4, -0.2) is 29.8 Å². The van der Waals surface area contributed by atoms with Gasteiger partial charge in [0.25, 0.3) is 5.91 Å². The molecule has 1 atom stereocenters. The zero-order valence-electron chi connectivity index (χ0n) is 19.9. The van der Waals surface area contributed by atoms with E-state index in [1.807, 2.05) is 36.4 Å². The average molecular weight is 499 g/mol. The van der Waals surface area contributed by atoms with E-state index >= 15 is 0 Å². The molecule has 0 radical (unpaired) electrons. The van der Waals surface area contributed by atoms with E-state index in [9.17, 15) is 14.3 Å². The van der Waals surface area contributed by atoms with Gasteiger partial charge in [-0.05, 0) is 77.7 Å². The molecule has 1 N–H and O–H groups in total. The zero-order valence-corrected chi connectivity index (χ0v) is 20.6. The number of aromatic hydroxyl groups is 1. The average Bonchev–Trinajstić information content (AvgIpc) is 2.97. The summed E-state index contributed by atoms with van der Waals surface area (Å²) in [7, 11) is 1.74. The zero-order chi connectivity index (χ0) is 25.4. The van der Waals surface area contributed by atoms with Crippen LogP contribution in [0.2, 0.25) is 5.02 Å². The van der Waals surface area contributed by atoms with Crippen LogP contribution in [0, 0.1) is 12.7 Å². The lowest BCUT2D eigenvalue weighted by molar-refractivity contribution is -0.119. The molecule has 0 bridgehead atoms. The molecule has 4 nitrogen and oxygen atoms in total. The quantitative estimate of drug-likeness (QED) is 0.345. The molecule has 1 aliphatic rings. The number of carbonyl (C=O) groups is 1. The minimum atomic E-state index is -0.722. The largest absolute Gasteiger partial charge is 0.508 e. The summed E-state index contributed by atoms with van der Waals surface area (Å²) in [6.45, 7) is 1.76. The lowest BCUT2D eigenvalue weighted by Crippen LogP contribution is -2.36. The molecule has 5 rings (SSSR count). The van der Waals surface area contributed by atoms with Crippen molar-refractivity contribution in [3.05, 3.63) is 118 Å². The van der Waals surface area contributed by atoms with Crippen molar-refractivity contribution in [3.8, 4) is 16.9 Å². The Morgan fingerprint density at radius 1 is 0.944 bits per heavy atom. The molecule has 1 unspecified atom stereocenters. The van der Waals surface area contributed by atoms with Gasteiger partial charge in [0, 0.05) is 29.6 Å². The van der Waals surface area contributed by atoms with Crippen molar-refractivity contribution in [2.24, 2.45) is 4.99 Å². The fourth-order valence-electron chi connectivity index (χ4n) is 4.66. The Morgan fingerprint density at radius 3 is 2.44 bits per heavy atom. The van der Waals surface area contributed by atoms with Crippen LogP contribution < -0.4 is 4.90 Å². The Bertz CT molecular complexity index is 1500. The van der Waals surface area contributed by atoms with Gasteiger partial charge in [-0.1, -0.05) is 48.0 Å². The number of likely N-dealkylation sites (N-methyl/N-ethyl adjacent to an activating group) is 1. The minimum absolute atomic E-state index is 0.142. The predicted molar refractivity (Wildman–Crippen MR) is 143 cm³/mol. The van der Waals surface area contributed by atoms with E-state index in [0.29, 0.717) is 28.4 Å². The second-order valence-electron chi connectivity index (χ2n) is 8.87. The van der Waals surface area contributed by atoms with Crippen LogP contribution in [0.15, 0.2) is 89.9 Å². The van der Waals surface area contributed by atoms with E-state index in [1.165, 1.54) is 6.07 Å². The second kappa shape index (κ2) is 9.59. The SMILES string of the molecule is Cc1c(F)cccc1-c1ccccc1CC1N=C(c2ccc(O)cc2)c2cc(Cl)ccc2N(C)C1=O. The summed E-state index contributed by atoms with van der Waals surface area (Å²) in [5.41, 5.74) is 5.94. The lowest BCUT2D eigenvalue weighted by atomic mass is 9.92. The van der Waals surface area contributed by atoms with Crippen molar-refractivity contribution in [3.63, 3.8) is 0 Å². The molecule has 0 saturated carbocycles. The fraction of sp³-hybridized carbons (Fsp3) is 0.133. The maximum absolute atomic E-state index is 14.4. The molecule has 0 aromatic heterocycles. The molecule has 36 heavy (non-hydrogen) atoms. The van der Waals surface area contributed by atoms with E-state index < -0.39 is 6.04 Å². The Labute approximate surface area is 214 Å². The number of nitrogens with zero attached hydrogens (tertiary/aromatic N) is 2. The molecule has 0 spiro atoms. The molecule has 1 aliphatic heterocycles. The molecule has 180 valence electrons.